The van der Waals surface area contributed by atoms with Gasteiger partial charge in [-0.15, -0.1) is 10.2 Å². The Morgan fingerprint density at radius 2 is 2.35 bits per heavy atom. The van der Waals surface area contributed by atoms with Gasteiger partial charge in [-0.25, -0.2) is 4.79 Å². The summed E-state index contributed by atoms with van der Waals surface area (Å²) in [7, 11) is 1.33. The van der Waals surface area contributed by atoms with Crippen LogP contribution < -0.4 is 5.32 Å². The van der Waals surface area contributed by atoms with E-state index in [1.165, 1.54) is 36.5 Å². The highest BCUT2D eigenvalue weighted by Crippen LogP contribution is 2.29. The molecule has 0 saturated heterocycles. The summed E-state index contributed by atoms with van der Waals surface area (Å²) < 4.78 is 10.6. The average Bonchev–Trinajstić information content (AvgIpc) is 3.03. The van der Waals surface area contributed by atoms with Crippen LogP contribution in [0, 0.1) is 0 Å². The van der Waals surface area contributed by atoms with Gasteiger partial charge in [-0.05, 0) is 19.9 Å². The highest BCUT2D eigenvalue weighted by molar-refractivity contribution is 8.00. The molecule has 0 spiro atoms. The van der Waals surface area contributed by atoms with Crippen LogP contribution in [0.15, 0.2) is 21.1 Å². The number of furan rings is 1. The van der Waals surface area contributed by atoms with Crippen molar-refractivity contribution in [2.75, 3.05) is 12.4 Å². The number of rotatable bonds is 6. The molecule has 2 aromatic heterocycles. The molecule has 0 amide bonds. The van der Waals surface area contributed by atoms with Crippen LogP contribution in [0.2, 0.25) is 0 Å². The molecule has 2 heterocycles. The number of thioether (sulfide) groups is 1. The second kappa shape index (κ2) is 6.76. The number of hydrogen-bond donors (Lipinski definition) is 1. The number of nitrogens with one attached hydrogen (secondary N) is 1. The highest BCUT2D eigenvalue weighted by Gasteiger charge is 2.16. The van der Waals surface area contributed by atoms with Crippen molar-refractivity contribution in [1.82, 2.24) is 10.2 Å². The van der Waals surface area contributed by atoms with Crippen LogP contribution in [-0.4, -0.2) is 29.3 Å². The predicted octanol–water partition coefficient (Wildman–Crippen LogP) is 3.03. The van der Waals surface area contributed by atoms with E-state index in [0.29, 0.717) is 11.8 Å². The van der Waals surface area contributed by atoms with E-state index in [-0.39, 0.29) is 5.76 Å². The first-order chi connectivity index (χ1) is 9.60. The second-order valence-electron chi connectivity index (χ2n) is 4.23. The Morgan fingerprint density at radius 3 is 3.05 bits per heavy atom. The number of carbonyl (C=O) groups is 1. The first kappa shape index (κ1) is 14.9. The third-order valence-electron chi connectivity index (χ3n) is 2.29. The van der Waals surface area contributed by atoms with Crippen LogP contribution in [0.4, 0.5) is 5.13 Å². The third-order valence-corrected chi connectivity index (χ3v) is 4.32. The fourth-order valence-electron chi connectivity index (χ4n) is 1.43. The molecule has 0 atom stereocenters. The summed E-state index contributed by atoms with van der Waals surface area (Å²) in [5.41, 5.74) is 0.787. The first-order valence-corrected chi connectivity index (χ1v) is 7.78. The number of methoxy groups -OCH3 is 1. The quantitative estimate of drug-likeness (QED) is 0.648. The van der Waals surface area contributed by atoms with Gasteiger partial charge in [0.15, 0.2) is 4.34 Å². The van der Waals surface area contributed by atoms with Crippen LogP contribution in [-0.2, 0) is 10.5 Å². The van der Waals surface area contributed by atoms with E-state index in [9.17, 15) is 4.79 Å². The zero-order chi connectivity index (χ0) is 14.5. The van der Waals surface area contributed by atoms with Gasteiger partial charge in [-0.2, -0.15) is 0 Å². The molecular weight excluding hydrogens is 298 g/mol. The maximum Gasteiger partial charge on any atom is 0.374 e. The summed E-state index contributed by atoms with van der Waals surface area (Å²) in [6.07, 6.45) is 1.48. The van der Waals surface area contributed by atoms with E-state index in [1.807, 2.05) is 13.8 Å². The lowest BCUT2D eigenvalue weighted by molar-refractivity contribution is 0.0564. The van der Waals surface area contributed by atoms with Crippen molar-refractivity contribution in [3.63, 3.8) is 0 Å². The van der Waals surface area contributed by atoms with Crippen molar-refractivity contribution in [3.05, 3.63) is 23.7 Å². The average molecular weight is 313 g/mol. The topological polar surface area (TPSA) is 77.2 Å². The molecule has 108 valence electrons. The molecule has 0 bridgehead atoms. The Hall–Kier alpha value is -1.54. The van der Waals surface area contributed by atoms with Gasteiger partial charge >= 0.3 is 5.97 Å². The van der Waals surface area contributed by atoms with Gasteiger partial charge in [-0.3, -0.25) is 0 Å². The molecule has 8 heteroatoms. The molecule has 6 nitrogen and oxygen atoms in total. The van der Waals surface area contributed by atoms with Crippen LogP contribution in [0.1, 0.15) is 30.0 Å². The van der Waals surface area contributed by atoms with Gasteiger partial charge in [0.25, 0.3) is 0 Å². The molecule has 0 aromatic carbocycles. The molecule has 0 unspecified atom stereocenters. The Balaban J connectivity index is 1.97. The van der Waals surface area contributed by atoms with Crippen LogP contribution in [0.25, 0.3) is 0 Å². The third kappa shape index (κ3) is 3.73. The summed E-state index contributed by atoms with van der Waals surface area (Å²) >= 11 is 2.99. The summed E-state index contributed by atoms with van der Waals surface area (Å²) in [6, 6.07) is 2.08. The van der Waals surface area contributed by atoms with Gasteiger partial charge in [0.2, 0.25) is 10.9 Å². The van der Waals surface area contributed by atoms with Gasteiger partial charge in [0.05, 0.1) is 13.4 Å². The molecule has 0 aliphatic rings. The summed E-state index contributed by atoms with van der Waals surface area (Å²) in [6.45, 7) is 4.09. The van der Waals surface area contributed by atoms with E-state index in [1.54, 1.807) is 6.07 Å². The standard InChI is InChI=1S/C12H15N3O3S2/c1-7(2)13-11-14-15-12(20-11)19-6-8-4-5-18-9(8)10(16)17-3/h4-5,7H,6H2,1-3H3,(H,13,14). The molecule has 20 heavy (non-hydrogen) atoms. The molecule has 0 aliphatic heterocycles. The number of anilines is 1. The van der Waals surface area contributed by atoms with Crippen molar-refractivity contribution < 1.29 is 13.9 Å². The molecule has 2 aromatic rings. The fraction of sp³-hybridized carbons (Fsp3) is 0.417. The number of aromatic nitrogens is 2. The SMILES string of the molecule is COC(=O)c1occc1CSc1nnc(NC(C)C)s1. The Bertz CT molecular complexity index is 580. The zero-order valence-electron chi connectivity index (χ0n) is 11.4. The normalized spacial score (nSPS) is 10.8. The van der Waals surface area contributed by atoms with Gasteiger partial charge in [0.1, 0.15) is 0 Å². The van der Waals surface area contributed by atoms with Crippen molar-refractivity contribution in [1.29, 1.82) is 0 Å². The van der Waals surface area contributed by atoms with Crippen molar-refractivity contribution in [2.45, 2.75) is 30.0 Å². The van der Waals surface area contributed by atoms with E-state index in [0.717, 1.165) is 15.0 Å². The number of ether oxygens (including phenoxy) is 1. The molecule has 1 N–H and O–H groups in total. The minimum absolute atomic E-state index is 0.241. The molecule has 0 aliphatic carbocycles. The molecule has 0 radical (unpaired) electrons. The van der Waals surface area contributed by atoms with E-state index < -0.39 is 5.97 Å². The maximum absolute atomic E-state index is 11.5. The lowest BCUT2D eigenvalue weighted by Gasteiger charge is -2.03. The van der Waals surface area contributed by atoms with Crippen LogP contribution in [0.5, 0.6) is 0 Å². The molecule has 0 saturated carbocycles. The molecule has 0 fully saturated rings. The minimum atomic E-state index is -0.468. The van der Waals surface area contributed by atoms with Gasteiger partial charge in [-0.1, -0.05) is 23.1 Å². The Kier molecular flexibility index (Phi) is 5.02. The first-order valence-electron chi connectivity index (χ1n) is 5.97. The van der Waals surface area contributed by atoms with Gasteiger partial charge < -0.3 is 14.5 Å². The van der Waals surface area contributed by atoms with E-state index >= 15 is 0 Å². The van der Waals surface area contributed by atoms with E-state index in [2.05, 4.69) is 20.3 Å². The number of nitrogens with zero attached hydrogens (tertiary/aromatic N) is 2. The summed E-state index contributed by atoms with van der Waals surface area (Å²) in [5.74, 6) is 0.354. The second-order valence-corrected chi connectivity index (χ2v) is 6.43. The minimum Gasteiger partial charge on any atom is -0.463 e. The maximum atomic E-state index is 11.5. The van der Waals surface area contributed by atoms with Crippen LogP contribution in [0.3, 0.4) is 0 Å². The summed E-state index contributed by atoms with van der Waals surface area (Å²) in [4.78, 5) is 11.5. The van der Waals surface area contributed by atoms with E-state index in [4.69, 9.17) is 4.42 Å². The smallest absolute Gasteiger partial charge is 0.374 e. The van der Waals surface area contributed by atoms with Crippen molar-refractivity contribution in [3.8, 4) is 0 Å². The fourth-order valence-corrected chi connectivity index (χ4v) is 3.31. The number of hydrogen-bond acceptors (Lipinski definition) is 8. The number of esters is 1. The lowest BCUT2D eigenvalue weighted by Crippen LogP contribution is -2.08. The lowest BCUT2D eigenvalue weighted by atomic mass is 10.3. The largest absolute Gasteiger partial charge is 0.463 e. The number of carbonyl (C=O) groups excluding carboxylic acids is 1. The predicted molar refractivity (Wildman–Crippen MR) is 78.3 cm³/mol. The van der Waals surface area contributed by atoms with Crippen LogP contribution >= 0.6 is 23.1 Å². The zero-order valence-corrected chi connectivity index (χ0v) is 13.0. The molecule has 2 rings (SSSR count). The highest BCUT2D eigenvalue weighted by atomic mass is 32.2. The molecular formula is C12H15N3O3S2. The van der Waals surface area contributed by atoms with Crippen molar-refractivity contribution in [2.24, 2.45) is 0 Å². The summed E-state index contributed by atoms with van der Waals surface area (Å²) in [5, 5.41) is 12.1. The monoisotopic (exact) mass is 313 g/mol. The Labute approximate surface area is 124 Å². The Morgan fingerprint density at radius 1 is 1.55 bits per heavy atom. The van der Waals surface area contributed by atoms with Crippen molar-refractivity contribution >= 4 is 34.2 Å². The van der Waals surface area contributed by atoms with Gasteiger partial charge in [0, 0.05) is 17.4 Å².